The lowest BCUT2D eigenvalue weighted by Gasteiger charge is -2.23. The van der Waals surface area contributed by atoms with Gasteiger partial charge in [-0.1, -0.05) is 40.5 Å². The van der Waals surface area contributed by atoms with Crippen molar-refractivity contribution in [3.63, 3.8) is 0 Å². The van der Waals surface area contributed by atoms with Crippen LogP contribution < -0.4 is 0 Å². The summed E-state index contributed by atoms with van der Waals surface area (Å²) in [5, 5.41) is 0. The van der Waals surface area contributed by atoms with Crippen LogP contribution in [0.5, 0.6) is 0 Å². The maximum absolute atomic E-state index is 4.26. The van der Waals surface area contributed by atoms with Crippen molar-refractivity contribution in [1.82, 2.24) is 4.31 Å². The largest absolute Gasteiger partial charge is 0.253 e. The molecule has 0 aliphatic rings. The highest BCUT2D eigenvalue weighted by Gasteiger charge is 2.11. The van der Waals surface area contributed by atoms with Gasteiger partial charge in [-0.3, -0.25) is 4.31 Å². The van der Waals surface area contributed by atoms with Crippen molar-refractivity contribution in [3.8, 4) is 0 Å². The molecule has 0 bridgehead atoms. The lowest BCUT2D eigenvalue weighted by atomic mass is 9.97. The summed E-state index contributed by atoms with van der Waals surface area (Å²) in [4.78, 5) is 0. The number of nitrogens with zero attached hydrogens (tertiary/aromatic N) is 1. The molecule has 0 aliphatic heterocycles. The summed E-state index contributed by atoms with van der Waals surface area (Å²) in [7, 11) is 0. The van der Waals surface area contributed by atoms with E-state index in [9.17, 15) is 0 Å². The van der Waals surface area contributed by atoms with Crippen molar-refractivity contribution < 1.29 is 0 Å². The molecule has 0 aliphatic carbocycles. The summed E-state index contributed by atoms with van der Waals surface area (Å²) in [5.74, 6) is 0. The van der Waals surface area contributed by atoms with E-state index in [0.29, 0.717) is 5.41 Å². The average Bonchev–Trinajstić information content (AvgIpc) is 1.62. The molecule has 9 heavy (non-hydrogen) atoms. The molecule has 0 fully saturated rings. The molecule has 0 aromatic heterocycles. The van der Waals surface area contributed by atoms with E-state index in [-0.39, 0.29) is 0 Å². The van der Waals surface area contributed by atoms with E-state index in [1.165, 1.54) is 0 Å². The van der Waals surface area contributed by atoms with E-state index in [0.717, 1.165) is 13.1 Å². The van der Waals surface area contributed by atoms with E-state index in [1.54, 1.807) is 0 Å². The number of thiol groups is 1. The first-order chi connectivity index (χ1) is 3.95. The van der Waals surface area contributed by atoms with Gasteiger partial charge in [0.1, 0.15) is 0 Å². The van der Waals surface area contributed by atoms with Crippen LogP contribution in [0.4, 0.5) is 0 Å². The Hall–Kier alpha value is 0.310. The molecule has 0 heterocycles. The van der Waals surface area contributed by atoms with Crippen LogP contribution in [0.1, 0.15) is 27.7 Å². The van der Waals surface area contributed by atoms with Crippen LogP contribution in [-0.4, -0.2) is 17.4 Å². The Morgan fingerprint density at radius 3 is 1.89 bits per heavy atom. The molecule has 0 unspecified atom stereocenters. The van der Waals surface area contributed by atoms with Gasteiger partial charge in [0.05, 0.1) is 0 Å². The monoisotopic (exact) mass is 147 g/mol. The van der Waals surface area contributed by atoms with Crippen molar-refractivity contribution in [2.45, 2.75) is 27.7 Å². The van der Waals surface area contributed by atoms with Gasteiger partial charge in [0.25, 0.3) is 0 Å². The standard InChI is InChI=1S/C7H17NS/c1-5-8(9)6-7(2,3)4/h9H,5-6H2,1-4H3. The zero-order chi connectivity index (χ0) is 7.49. The van der Waals surface area contributed by atoms with Gasteiger partial charge in [-0.25, -0.2) is 0 Å². The van der Waals surface area contributed by atoms with Crippen LogP contribution in [0, 0.1) is 5.41 Å². The van der Waals surface area contributed by atoms with E-state index in [4.69, 9.17) is 0 Å². The van der Waals surface area contributed by atoms with Gasteiger partial charge < -0.3 is 0 Å². The lowest BCUT2D eigenvalue weighted by Crippen LogP contribution is -2.25. The second-order valence-corrected chi connectivity index (χ2v) is 4.11. The Kier molecular flexibility index (Phi) is 3.59. The Bertz CT molecular complexity index is 75.5. The van der Waals surface area contributed by atoms with Crippen LogP contribution in [0.25, 0.3) is 0 Å². The number of hydrogen-bond donors (Lipinski definition) is 1. The van der Waals surface area contributed by atoms with Gasteiger partial charge in [0.15, 0.2) is 0 Å². The van der Waals surface area contributed by atoms with Crippen LogP contribution >= 0.6 is 12.8 Å². The molecule has 0 saturated heterocycles. The van der Waals surface area contributed by atoms with E-state index in [2.05, 4.69) is 40.5 Å². The first-order valence-electron chi connectivity index (χ1n) is 3.39. The second kappa shape index (κ2) is 3.47. The van der Waals surface area contributed by atoms with Gasteiger partial charge in [-0.15, -0.1) is 0 Å². The quantitative estimate of drug-likeness (QED) is 0.586. The molecule has 0 amide bonds. The van der Waals surface area contributed by atoms with Crippen molar-refractivity contribution in [2.75, 3.05) is 13.1 Å². The molecule has 0 spiro atoms. The van der Waals surface area contributed by atoms with Crippen molar-refractivity contribution >= 4 is 12.8 Å². The fraction of sp³-hybridized carbons (Fsp3) is 1.00. The highest BCUT2D eigenvalue weighted by atomic mass is 32.1. The van der Waals surface area contributed by atoms with Gasteiger partial charge in [0, 0.05) is 13.1 Å². The third-order valence-corrected chi connectivity index (χ3v) is 1.45. The molecule has 0 saturated carbocycles. The minimum absolute atomic E-state index is 0.373. The fourth-order valence-electron chi connectivity index (χ4n) is 0.659. The molecule has 1 nitrogen and oxygen atoms in total. The summed E-state index contributed by atoms with van der Waals surface area (Å²) in [6, 6.07) is 0. The SMILES string of the molecule is CCN(S)CC(C)(C)C. The third kappa shape index (κ3) is 6.19. The van der Waals surface area contributed by atoms with Gasteiger partial charge >= 0.3 is 0 Å². The highest BCUT2D eigenvalue weighted by molar-refractivity contribution is 7.77. The molecule has 0 aromatic rings. The zero-order valence-corrected chi connectivity index (χ0v) is 7.70. The minimum atomic E-state index is 0.373. The third-order valence-electron chi connectivity index (χ3n) is 1.02. The molecular weight excluding hydrogens is 130 g/mol. The Morgan fingerprint density at radius 2 is 1.78 bits per heavy atom. The molecule has 56 valence electrons. The maximum atomic E-state index is 4.26. The fourth-order valence-corrected chi connectivity index (χ4v) is 1.08. The van der Waals surface area contributed by atoms with Crippen molar-refractivity contribution in [1.29, 1.82) is 0 Å². The topological polar surface area (TPSA) is 3.24 Å². The predicted octanol–water partition coefficient (Wildman–Crippen LogP) is 2.20. The lowest BCUT2D eigenvalue weighted by molar-refractivity contribution is 0.310. The summed E-state index contributed by atoms with van der Waals surface area (Å²) in [6.07, 6.45) is 0. The van der Waals surface area contributed by atoms with Crippen LogP contribution in [-0.2, 0) is 0 Å². The van der Waals surface area contributed by atoms with Gasteiger partial charge in [-0.05, 0) is 5.41 Å². The molecule has 2 heteroatoms. The Morgan fingerprint density at radius 1 is 1.33 bits per heavy atom. The Balaban J connectivity index is 3.47. The van der Waals surface area contributed by atoms with Crippen LogP contribution in [0.15, 0.2) is 0 Å². The first-order valence-corrected chi connectivity index (χ1v) is 3.79. The smallest absolute Gasteiger partial charge is 0.0136 e. The molecule has 0 N–H and O–H groups in total. The maximum Gasteiger partial charge on any atom is 0.0136 e. The molecular formula is C7H17NS. The van der Waals surface area contributed by atoms with Crippen LogP contribution in [0.3, 0.4) is 0 Å². The van der Waals surface area contributed by atoms with E-state index < -0.39 is 0 Å². The summed E-state index contributed by atoms with van der Waals surface area (Å²) in [5.41, 5.74) is 0.373. The van der Waals surface area contributed by atoms with Crippen molar-refractivity contribution in [3.05, 3.63) is 0 Å². The summed E-state index contributed by atoms with van der Waals surface area (Å²) >= 11 is 4.26. The summed E-state index contributed by atoms with van der Waals surface area (Å²) in [6.45, 7) is 10.8. The normalized spacial score (nSPS) is 12.7. The van der Waals surface area contributed by atoms with Crippen LogP contribution in [0.2, 0.25) is 0 Å². The predicted molar refractivity (Wildman–Crippen MR) is 45.7 cm³/mol. The van der Waals surface area contributed by atoms with Crippen molar-refractivity contribution in [2.24, 2.45) is 5.41 Å². The minimum Gasteiger partial charge on any atom is -0.253 e. The van der Waals surface area contributed by atoms with E-state index >= 15 is 0 Å². The first kappa shape index (κ1) is 9.31. The molecule has 0 radical (unpaired) electrons. The second-order valence-electron chi connectivity index (χ2n) is 3.54. The Labute approximate surface area is 64.0 Å². The molecule has 0 atom stereocenters. The zero-order valence-electron chi connectivity index (χ0n) is 6.81. The van der Waals surface area contributed by atoms with Gasteiger partial charge in [-0.2, -0.15) is 0 Å². The average molecular weight is 147 g/mol. The molecule has 0 rings (SSSR count). The highest BCUT2D eigenvalue weighted by Crippen LogP contribution is 2.15. The molecule has 0 aromatic carbocycles. The summed E-state index contributed by atoms with van der Waals surface area (Å²) < 4.78 is 2.03. The number of hydrogen-bond acceptors (Lipinski definition) is 2. The van der Waals surface area contributed by atoms with Gasteiger partial charge in [0.2, 0.25) is 0 Å². The number of rotatable bonds is 2. The van der Waals surface area contributed by atoms with E-state index in [1.807, 2.05) is 4.31 Å².